The van der Waals surface area contributed by atoms with Crippen molar-refractivity contribution in [3.63, 3.8) is 0 Å². The number of alkyl halides is 3. The second-order valence-corrected chi connectivity index (χ2v) is 11.3. The van der Waals surface area contributed by atoms with E-state index in [1.807, 2.05) is 0 Å². The molecular weight excluding hydrogens is 710 g/mol. The van der Waals surface area contributed by atoms with Crippen LogP contribution in [0.2, 0.25) is 0 Å². The Morgan fingerprint density at radius 1 is 1.04 bits per heavy atom. The SMILES string of the molecule is [2H]c1c([2H])c(F)c(F)c(CSc2c([2H])c(=O)c3c([2H])c(C)c([2H])c([2H])c3n2C([2H])([2H])C(=O)N(Cc2c([2H])c([2H])c(-c3c([2H])c([2H])c(C(F)(F)F)c([2H])c3[2H])c([2H])c2[2H])C2([2H])C([2H])([2H])C([2H])([2H])N(C([2H])([2H])COC([2H])([2H])[2H])C([2H])([2H])C2([2H])[2H])c1[2H]. The molecule has 0 saturated carbocycles. The fourth-order valence-corrected chi connectivity index (χ4v) is 5.18. The van der Waals surface area contributed by atoms with Crippen molar-refractivity contribution in [3.8, 4) is 11.1 Å². The minimum atomic E-state index is -5.57. The molecule has 5 aromatic rings. The van der Waals surface area contributed by atoms with Gasteiger partial charge in [0.1, 0.15) is 6.50 Å². The molecular formula is C41H40F5N3O3S. The van der Waals surface area contributed by atoms with Crippen molar-refractivity contribution in [3.05, 3.63) is 135 Å². The zero-order valence-corrected chi connectivity index (χ0v) is 27.3. The molecule has 1 aromatic heterocycles. The molecule has 0 aliphatic carbocycles. The summed E-state index contributed by atoms with van der Waals surface area (Å²) in [5, 5.41) is -2.60. The molecule has 0 N–H and O–H groups in total. The molecule has 53 heavy (non-hydrogen) atoms. The first-order valence-corrected chi connectivity index (χ1v) is 15.5. The number of pyridine rings is 1. The van der Waals surface area contributed by atoms with Crippen LogP contribution in [0.1, 0.15) is 77.5 Å². The summed E-state index contributed by atoms with van der Waals surface area (Å²) in [6, 6.07) is -27.4. The van der Waals surface area contributed by atoms with Crippen LogP contribution in [0.4, 0.5) is 22.0 Å². The Balaban J connectivity index is 1.80. The van der Waals surface area contributed by atoms with Crippen LogP contribution in [-0.2, 0) is 34.5 Å². The van der Waals surface area contributed by atoms with E-state index < -0.39 is 250 Å². The highest BCUT2D eigenvalue weighted by molar-refractivity contribution is 7.98. The number of piperidine rings is 1. The van der Waals surface area contributed by atoms with E-state index in [0.717, 1.165) is 6.92 Å². The van der Waals surface area contributed by atoms with Crippen molar-refractivity contribution < 1.29 is 74.0 Å². The fraction of sp³-hybridized carbons (Fsp3) is 0.317. The van der Waals surface area contributed by atoms with E-state index in [1.54, 1.807) is 0 Å². The zero-order chi connectivity index (χ0) is 64.9. The number of carbonyl (C=O) groups is 1. The number of methoxy groups -OCH3 is 1. The van der Waals surface area contributed by atoms with Gasteiger partial charge in [-0.05, 0) is 66.6 Å². The molecule has 0 atom stereocenters. The minimum Gasteiger partial charge on any atom is -0.383 e. The Morgan fingerprint density at radius 2 is 1.74 bits per heavy atom. The largest absolute Gasteiger partial charge is 0.416 e. The van der Waals surface area contributed by atoms with Gasteiger partial charge in [-0.15, -0.1) is 11.8 Å². The van der Waals surface area contributed by atoms with Crippen LogP contribution in [0, 0.1) is 18.6 Å². The molecule has 1 saturated heterocycles. The average Bonchev–Trinajstić information content (AvgIpc) is 0.820. The molecule has 12 heteroatoms. The molecule has 1 aliphatic rings. The Morgan fingerprint density at radius 3 is 2.42 bits per heavy atom. The monoisotopic (exact) mass is 780 g/mol. The number of carbonyl (C=O) groups excluding carboxylic acids is 1. The van der Waals surface area contributed by atoms with Crippen molar-refractivity contribution in [2.45, 2.75) is 55.7 Å². The highest BCUT2D eigenvalue weighted by atomic mass is 32.2. The van der Waals surface area contributed by atoms with Crippen LogP contribution < -0.4 is 5.43 Å². The Bertz CT molecular complexity index is 3570. The summed E-state index contributed by atoms with van der Waals surface area (Å²) in [7, 11) is -3.59. The lowest BCUT2D eigenvalue weighted by Crippen LogP contribution is -2.48. The quantitative estimate of drug-likeness (QED) is 0.0938. The summed E-state index contributed by atoms with van der Waals surface area (Å²) >= 11 is -0.207. The second kappa shape index (κ2) is 16.7. The fourth-order valence-electron chi connectivity index (χ4n) is 4.27. The van der Waals surface area contributed by atoms with Crippen LogP contribution in [0.5, 0.6) is 0 Å². The predicted molar refractivity (Wildman–Crippen MR) is 198 cm³/mol. The number of benzene rings is 4. The lowest BCUT2D eigenvalue weighted by Gasteiger charge is -2.39. The normalized spacial score (nSPS) is 27.8. The number of ether oxygens (including phenoxy) is 1. The Kier molecular flexibility index (Phi) is 4.81. The summed E-state index contributed by atoms with van der Waals surface area (Å²) in [5.74, 6) is -8.18. The third kappa shape index (κ3) is 9.17. The number of fused-ring (bicyclic) bond motifs is 1. The molecule has 0 bridgehead atoms. The van der Waals surface area contributed by atoms with Gasteiger partial charge in [-0.3, -0.25) is 9.59 Å². The van der Waals surface area contributed by atoms with Gasteiger partial charge in [0.25, 0.3) is 0 Å². The molecule has 1 aliphatic heterocycles. The van der Waals surface area contributed by atoms with Gasteiger partial charge in [0.05, 0.1) is 51.5 Å². The van der Waals surface area contributed by atoms with Crippen LogP contribution in [0.15, 0.2) is 100 Å². The molecule has 0 unspecified atom stereocenters. The Hall–Kier alpha value is -4.52. The Labute approximate surface area is 352 Å². The van der Waals surface area contributed by atoms with Crippen molar-refractivity contribution in [2.24, 2.45) is 0 Å². The lowest BCUT2D eigenvalue weighted by molar-refractivity contribution is -0.137. The molecule has 2 heterocycles. The van der Waals surface area contributed by atoms with Crippen LogP contribution >= 0.6 is 11.8 Å². The number of hydrogen-bond acceptors (Lipinski definition) is 5. The summed E-state index contributed by atoms with van der Waals surface area (Å²) < 4.78 is 346. The summed E-state index contributed by atoms with van der Waals surface area (Å²) in [4.78, 5) is 28.4. The van der Waals surface area contributed by atoms with Gasteiger partial charge in [0.2, 0.25) is 5.91 Å². The van der Waals surface area contributed by atoms with Gasteiger partial charge < -0.3 is 19.1 Å². The third-order valence-corrected chi connectivity index (χ3v) is 7.72. The highest BCUT2D eigenvalue weighted by Crippen LogP contribution is 2.32. The van der Waals surface area contributed by atoms with E-state index in [4.69, 9.17) is 32.9 Å². The molecule has 1 fully saturated rings. The van der Waals surface area contributed by atoms with Crippen molar-refractivity contribution in [1.82, 2.24) is 14.4 Å². The summed E-state index contributed by atoms with van der Waals surface area (Å²) in [5.41, 5.74) is -11.1. The number of likely N-dealkylation sites (tertiary alicyclic amines) is 1. The number of rotatable bonds is 12. The first-order chi connectivity index (χ1) is 37.7. The molecule has 1 amide bonds. The number of halogens is 5. The number of aromatic nitrogens is 1. The van der Waals surface area contributed by atoms with Gasteiger partial charge in [-0.2, -0.15) is 13.2 Å². The maximum absolute atomic E-state index is 15.9. The minimum absolute atomic E-state index is 0.207. The van der Waals surface area contributed by atoms with Crippen molar-refractivity contribution >= 4 is 28.6 Å². The molecule has 0 radical (unpaired) electrons. The van der Waals surface area contributed by atoms with Gasteiger partial charge in [-0.1, -0.05) is 59.9 Å². The number of thioether (sulfide) groups is 1. The standard InChI is InChI=1S/C41H40F5N3O3S/c1-27-6-15-36-34(22-27)37(50)23-39(53-26-31-4-3-5-35(42)40(31)43)49(36)25-38(51)48(33-16-18-47(19-17-33)20-21-52-2)24-28-7-9-29(10-8-28)30-11-13-32(14-12-30)41(44,45)46/h3-15,22-23,33H,16-21,24-26H2,1-2H3/i2D3,3D,4D,5D,6D,7D,8D,9D,10D,11D,12D,13D,14D,15D,16D2,17D2,18D2,19D2,20D2,22D,23D,25D2,33D. The molecule has 4 aromatic carbocycles. The van der Waals surface area contributed by atoms with Gasteiger partial charge >= 0.3 is 6.18 Å². The van der Waals surface area contributed by atoms with Gasteiger partial charge in [-0.25, -0.2) is 8.78 Å². The van der Waals surface area contributed by atoms with Crippen LogP contribution in [-0.4, -0.2) is 59.4 Å². The second-order valence-electron chi connectivity index (χ2n) is 10.3. The molecule has 278 valence electrons. The number of amides is 1. The maximum atomic E-state index is 15.9. The van der Waals surface area contributed by atoms with Gasteiger partial charge in [0, 0.05) is 75.5 Å². The first-order valence-electron chi connectivity index (χ1n) is 30.0. The third-order valence-electron chi connectivity index (χ3n) is 6.73. The van der Waals surface area contributed by atoms with E-state index in [2.05, 4.69) is 4.74 Å². The number of nitrogens with zero attached hydrogens (tertiary/aromatic N) is 3. The van der Waals surface area contributed by atoms with E-state index in [0.29, 0.717) is 0 Å². The van der Waals surface area contributed by atoms with E-state index in [9.17, 15) is 32.0 Å². The van der Waals surface area contributed by atoms with E-state index in [-0.39, 0.29) is 16.3 Å². The molecule has 6 rings (SSSR count). The lowest BCUT2D eigenvalue weighted by atomic mass is 10.00. The van der Waals surface area contributed by atoms with Gasteiger partial charge in [0.15, 0.2) is 17.1 Å². The maximum Gasteiger partial charge on any atom is 0.416 e. The summed E-state index contributed by atoms with van der Waals surface area (Å²) in [6.45, 7) is -21.4. The van der Waals surface area contributed by atoms with Crippen molar-refractivity contribution in [2.75, 3.05) is 33.1 Å². The first kappa shape index (κ1) is 15.3. The van der Waals surface area contributed by atoms with Crippen molar-refractivity contribution in [1.29, 1.82) is 0 Å². The summed E-state index contributed by atoms with van der Waals surface area (Å²) in [6.07, 6.45) is -15.4. The van der Waals surface area contributed by atoms with E-state index >= 15 is 9.18 Å². The highest BCUT2D eigenvalue weighted by Gasteiger charge is 2.31. The molecule has 6 nitrogen and oxygen atoms in total. The smallest absolute Gasteiger partial charge is 0.383 e. The molecule has 0 spiro atoms. The van der Waals surface area contributed by atoms with Crippen LogP contribution in [0.25, 0.3) is 22.0 Å². The van der Waals surface area contributed by atoms with E-state index in [1.165, 1.54) is 0 Å². The number of hydrogen-bond donors (Lipinski definition) is 0. The van der Waals surface area contributed by atoms with Crippen LogP contribution in [0.3, 0.4) is 0 Å². The zero-order valence-electron chi connectivity index (χ0n) is 57.5. The predicted octanol–water partition coefficient (Wildman–Crippen LogP) is 8.71. The topological polar surface area (TPSA) is 54.8 Å². The average molecular weight is 781 g/mol.